The topological polar surface area (TPSA) is 72.0 Å². The van der Waals surface area contributed by atoms with E-state index in [1.54, 1.807) is 19.9 Å². The number of aromatic nitrogens is 2. The number of carbonyl (C=O) groups is 1. The van der Waals surface area contributed by atoms with Crippen LogP contribution in [0, 0.1) is 6.92 Å². The van der Waals surface area contributed by atoms with Gasteiger partial charge in [0.2, 0.25) is 0 Å². The minimum absolute atomic E-state index is 0.258. The Morgan fingerprint density at radius 2 is 1.96 bits per heavy atom. The lowest BCUT2D eigenvalue weighted by molar-refractivity contribution is 0.0531. The van der Waals surface area contributed by atoms with E-state index < -0.39 is 5.97 Å². The lowest BCUT2D eigenvalue weighted by Gasteiger charge is -2.01. The number of fused-ring (bicyclic) bond motifs is 2. The van der Waals surface area contributed by atoms with Crippen molar-refractivity contribution < 1.29 is 9.53 Å². The number of esters is 1. The molecule has 0 saturated heterocycles. The van der Waals surface area contributed by atoms with Gasteiger partial charge < -0.3 is 9.72 Å². The first kappa shape index (κ1) is 18.1. The lowest BCUT2D eigenvalue weighted by atomic mass is 10.0. The van der Waals surface area contributed by atoms with Gasteiger partial charge in [-0.05, 0) is 41.8 Å². The van der Waals surface area contributed by atoms with Crippen LogP contribution in [0.4, 0.5) is 0 Å². The highest BCUT2D eigenvalue weighted by Gasteiger charge is 2.19. The Balaban J connectivity index is 1.76. The third-order valence-corrected chi connectivity index (χ3v) is 5.69. The van der Waals surface area contributed by atoms with Crippen LogP contribution in [0.3, 0.4) is 0 Å². The van der Waals surface area contributed by atoms with Gasteiger partial charge in [0.05, 0.1) is 12.0 Å². The standard InChI is InChI=1S/C22H18N2O3S/c1-3-27-22(26)19-13(2)18-20(25)23-17(24-21(18)28-19)12-11-15-9-6-8-14-7-4-5-10-16(14)15/h4-12H,3H2,1-2H3,(H,23,24,25). The summed E-state index contributed by atoms with van der Waals surface area (Å²) in [5.41, 5.74) is 1.39. The van der Waals surface area contributed by atoms with Crippen molar-refractivity contribution in [2.45, 2.75) is 13.8 Å². The number of carbonyl (C=O) groups excluding carboxylic acids is 1. The predicted molar refractivity (Wildman–Crippen MR) is 114 cm³/mol. The quantitative estimate of drug-likeness (QED) is 0.508. The molecule has 4 aromatic rings. The van der Waals surface area contributed by atoms with Gasteiger partial charge in [-0.2, -0.15) is 0 Å². The van der Waals surface area contributed by atoms with Crippen LogP contribution in [-0.2, 0) is 4.74 Å². The molecule has 0 fully saturated rings. The molecule has 2 aromatic carbocycles. The number of aromatic amines is 1. The van der Waals surface area contributed by atoms with Crippen LogP contribution in [0.2, 0.25) is 0 Å². The van der Waals surface area contributed by atoms with Crippen molar-refractivity contribution in [3.05, 3.63) is 74.6 Å². The normalized spacial score (nSPS) is 11.5. The predicted octanol–water partition coefficient (Wildman–Crippen LogP) is 4.79. The van der Waals surface area contributed by atoms with Crippen molar-refractivity contribution in [1.82, 2.24) is 9.97 Å². The fraction of sp³-hybridized carbons (Fsp3) is 0.136. The summed E-state index contributed by atoms with van der Waals surface area (Å²) in [4.78, 5) is 32.9. The third-order valence-electron chi connectivity index (χ3n) is 4.52. The minimum Gasteiger partial charge on any atom is -0.462 e. The molecular weight excluding hydrogens is 372 g/mol. The summed E-state index contributed by atoms with van der Waals surface area (Å²) in [6.45, 7) is 3.78. The molecule has 0 unspecified atom stereocenters. The number of rotatable bonds is 4. The lowest BCUT2D eigenvalue weighted by Crippen LogP contribution is -2.10. The molecule has 0 amide bonds. The average Bonchev–Trinajstić information content (AvgIpc) is 3.03. The highest BCUT2D eigenvalue weighted by molar-refractivity contribution is 7.20. The SMILES string of the molecule is CCOC(=O)c1sc2nc(C=Cc3cccc4ccccc34)[nH]c(=O)c2c1C. The van der Waals surface area contributed by atoms with Crippen LogP contribution in [0.1, 0.15) is 33.5 Å². The number of hydrogen-bond acceptors (Lipinski definition) is 5. The number of hydrogen-bond donors (Lipinski definition) is 1. The first-order valence-corrected chi connectivity index (χ1v) is 9.76. The Labute approximate surface area is 165 Å². The van der Waals surface area contributed by atoms with Gasteiger partial charge in [-0.25, -0.2) is 9.78 Å². The number of H-pyrrole nitrogens is 1. The maximum Gasteiger partial charge on any atom is 0.348 e. The fourth-order valence-corrected chi connectivity index (χ4v) is 4.28. The highest BCUT2D eigenvalue weighted by Crippen LogP contribution is 2.28. The summed E-state index contributed by atoms with van der Waals surface area (Å²) in [5, 5.41) is 2.71. The Bertz CT molecular complexity index is 1280. The molecule has 6 heteroatoms. The van der Waals surface area contributed by atoms with Crippen molar-refractivity contribution >= 4 is 50.4 Å². The molecule has 2 heterocycles. The molecule has 0 aliphatic carbocycles. The molecule has 0 radical (unpaired) electrons. The van der Waals surface area contributed by atoms with E-state index in [1.807, 2.05) is 30.3 Å². The molecule has 2 aromatic heterocycles. The van der Waals surface area contributed by atoms with Crippen LogP contribution in [0.15, 0.2) is 47.3 Å². The molecule has 140 valence electrons. The zero-order chi connectivity index (χ0) is 19.7. The monoisotopic (exact) mass is 390 g/mol. The Hall–Kier alpha value is -3.25. The maximum atomic E-state index is 12.6. The van der Waals surface area contributed by atoms with E-state index in [1.165, 1.54) is 11.3 Å². The second kappa shape index (κ2) is 7.40. The van der Waals surface area contributed by atoms with E-state index >= 15 is 0 Å². The van der Waals surface area contributed by atoms with E-state index in [4.69, 9.17) is 4.74 Å². The van der Waals surface area contributed by atoms with Gasteiger partial charge in [-0.15, -0.1) is 11.3 Å². The van der Waals surface area contributed by atoms with Crippen molar-refractivity contribution in [3.8, 4) is 0 Å². The summed E-state index contributed by atoms with van der Waals surface area (Å²) >= 11 is 1.18. The van der Waals surface area contributed by atoms with E-state index in [2.05, 4.69) is 28.2 Å². The van der Waals surface area contributed by atoms with Crippen LogP contribution in [-0.4, -0.2) is 22.5 Å². The van der Waals surface area contributed by atoms with Crippen LogP contribution in [0.5, 0.6) is 0 Å². The van der Waals surface area contributed by atoms with Crippen LogP contribution >= 0.6 is 11.3 Å². The number of aryl methyl sites for hydroxylation is 1. The van der Waals surface area contributed by atoms with Gasteiger partial charge in [0.1, 0.15) is 15.5 Å². The molecule has 5 nitrogen and oxygen atoms in total. The van der Waals surface area contributed by atoms with E-state index in [0.717, 1.165) is 16.3 Å². The molecule has 28 heavy (non-hydrogen) atoms. The molecule has 0 atom stereocenters. The van der Waals surface area contributed by atoms with E-state index in [-0.39, 0.29) is 12.2 Å². The van der Waals surface area contributed by atoms with Gasteiger partial charge in [0.25, 0.3) is 5.56 Å². The van der Waals surface area contributed by atoms with Gasteiger partial charge in [0.15, 0.2) is 0 Å². The van der Waals surface area contributed by atoms with Crippen LogP contribution in [0.25, 0.3) is 33.1 Å². The first-order valence-electron chi connectivity index (χ1n) is 8.95. The summed E-state index contributed by atoms with van der Waals surface area (Å²) in [6, 6.07) is 14.2. The third kappa shape index (κ3) is 3.23. The van der Waals surface area contributed by atoms with Crippen molar-refractivity contribution in [2.24, 2.45) is 0 Å². The number of ether oxygens (including phenoxy) is 1. The van der Waals surface area contributed by atoms with E-state index in [0.29, 0.717) is 26.5 Å². The summed E-state index contributed by atoms with van der Waals surface area (Å²) in [5.74, 6) is 0.0253. The largest absolute Gasteiger partial charge is 0.462 e. The Morgan fingerprint density at radius 1 is 1.18 bits per heavy atom. The van der Waals surface area contributed by atoms with Crippen molar-refractivity contribution in [1.29, 1.82) is 0 Å². The molecule has 0 aliphatic heterocycles. The summed E-state index contributed by atoms with van der Waals surface area (Å²) in [6.07, 6.45) is 3.71. The number of benzene rings is 2. The minimum atomic E-state index is -0.421. The smallest absolute Gasteiger partial charge is 0.348 e. The maximum absolute atomic E-state index is 12.6. The fourth-order valence-electron chi connectivity index (χ4n) is 3.20. The zero-order valence-corrected chi connectivity index (χ0v) is 16.3. The Kier molecular flexibility index (Phi) is 4.79. The number of thiophene rings is 1. The van der Waals surface area contributed by atoms with E-state index in [9.17, 15) is 9.59 Å². The molecule has 0 aliphatic rings. The Morgan fingerprint density at radius 3 is 2.79 bits per heavy atom. The average molecular weight is 390 g/mol. The molecular formula is C22H18N2O3S. The molecule has 4 rings (SSSR count). The van der Waals surface area contributed by atoms with Crippen molar-refractivity contribution in [2.75, 3.05) is 6.61 Å². The van der Waals surface area contributed by atoms with Gasteiger partial charge >= 0.3 is 5.97 Å². The summed E-state index contributed by atoms with van der Waals surface area (Å²) < 4.78 is 5.07. The number of nitrogens with one attached hydrogen (secondary N) is 1. The summed E-state index contributed by atoms with van der Waals surface area (Å²) in [7, 11) is 0. The highest BCUT2D eigenvalue weighted by atomic mass is 32.1. The molecule has 0 saturated carbocycles. The molecule has 1 N–H and O–H groups in total. The first-order chi connectivity index (χ1) is 13.6. The second-order valence-electron chi connectivity index (χ2n) is 6.31. The molecule has 0 bridgehead atoms. The van der Waals surface area contributed by atoms with Gasteiger partial charge in [-0.3, -0.25) is 4.79 Å². The second-order valence-corrected chi connectivity index (χ2v) is 7.31. The molecule has 0 spiro atoms. The van der Waals surface area contributed by atoms with Crippen LogP contribution < -0.4 is 5.56 Å². The van der Waals surface area contributed by atoms with Gasteiger partial charge in [-0.1, -0.05) is 48.5 Å². The van der Waals surface area contributed by atoms with Crippen molar-refractivity contribution in [3.63, 3.8) is 0 Å². The number of nitrogens with zero attached hydrogens (tertiary/aromatic N) is 1. The van der Waals surface area contributed by atoms with Gasteiger partial charge in [0, 0.05) is 0 Å². The zero-order valence-electron chi connectivity index (χ0n) is 15.5.